The topological polar surface area (TPSA) is 70.1 Å². The van der Waals surface area contributed by atoms with Crippen LogP contribution in [0.1, 0.15) is 34.1 Å². The summed E-state index contributed by atoms with van der Waals surface area (Å²) in [5, 5.41) is 0. The molecule has 0 aliphatic rings. The first-order chi connectivity index (χ1) is 8.35. The summed E-state index contributed by atoms with van der Waals surface area (Å²) < 4.78 is 7.06. The van der Waals surface area contributed by atoms with Crippen molar-refractivity contribution in [3.63, 3.8) is 0 Å². The molecule has 0 fully saturated rings. The van der Waals surface area contributed by atoms with Gasteiger partial charge in [0.05, 0.1) is 0 Å². The van der Waals surface area contributed by atoms with Crippen molar-refractivity contribution in [3.05, 3.63) is 22.7 Å². The molecule has 2 N–H and O–H groups in total. The SMILES string of the molecule is CCC(C)(N)COc1nccn(CC(C)C)c1=O. The molecule has 1 heterocycles. The fourth-order valence-corrected chi connectivity index (χ4v) is 1.40. The van der Waals surface area contributed by atoms with Gasteiger partial charge in [-0.2, -0.15) is 0 Å². The van der Waals surface area contributed by atoms with Crippen molar-refractivity contribution in [2.45, 2.75) is 46.2 Å². The molecule has 1 unspecified atom stereocenters. The fraction of sp³-hybridized carbons (Fsp3) is 0.692. The summed E-state index contributed by atoms with van der Waals surface area (Å²) >= 11 is 0. The van der Waals surface area contributed by atoms with Crippen molar-refractivity contribution in [3.8, 4) is 5.88 Å². The zero-order valence-electron chi connectivity index (χ0n) is 11.6. The standard InChI is InChI=1S/C13H23N3O2/c1-5-13(4,14)9-18-11-12(17)16(7-6-15-11)8-10(2)3/h6-7,10H,5,8-9,14H2,1-4H3. The van der Waals surface area contributed by atoms with Crippen molar-refractivity contribution < 1.29 is 4.74 Å². The second-order valence-electron chi connectivity index (χ2n) is 5.38. The second kappa shape index (κ2) is 6.00. The lowest BCUT2D eigenvalue weighted by Crippen LogP contribution is -2.42. The Kier molecular flexibility index (Phi) is 4.90. The first-order valence-electron chi connectivity index (χ1n) is 6.33. The molecule has 1 aromatic heterocycles. The summed E-state index contributed by atoms with van der Waals surface area (Å²) in [6.07, 6.45) is 4.04. The number of hydrogen-bond donors (Lipinski definition) is 1. The van der Waals surface area contributed by atoms with Crippen LogP contribution in [0.2, 0.25) is 0 Å². The van der Waals surface area contributed by atoms with Gasteiger partial charge in [-0.25, -0.2) is 4.98 Å². The van der Waals surface area contributed by atoms with Gasteiger partial charge in [0, 0.05) is 24.5 Å². The summed E-state index contributed by atoms with van der Waals surface area (Å²) in [6, 6.07) is 0. The van der Waals surface area contributed by atoms with Crippen LogP contribution in [0, 0.1) is 5.92 Å². The highest BCUT2D eigenvalue weighted by Gasteiger charge is 2.18. The minimum absolute atomic E-state index is 0.128. The Morgan fingerprint density at radius 2 is 2.22 bits per heavy atom. The molecule has 0 aliphatic carbocycles. The van der Waals surface area contributed by atoms with Gasteiger partial charge in [-0.3, -0.25) is 4.79 Å². The average Bonchev–Trinajstić information content (AvgIpc) is 2.30. The summed E-state index contributed by atoms with van der Waals surface area (Å²) in [5.41, 5.74) is 5.34. The molecule has 1 aromatic rings. The third kappa shape index (κ3) is 4.14. The van der Waals surface area contributed by atoms with Crippen molar-refractivity contribution in [2.24, 2.45) is 11.7 Å². The third-order valence-corrected chi connectivity index (χ3v) is 2.79. The lowest BCUT2D eigenvalue weighted by Gasteiger charge is -2.22. The number of rotatable bonds is 6. The molecule has 0 aromatic carbocycles. The Morgan fingerprint density at radius 1 is 1.56 bits per heavy atom. The van der Waals surface area contributed by atoms with Crippen molar-refractivity contribution in [1.82, 2.24) is 9.55 Å². The molecular weight excluding hydrogens is 230 g/mol. The van der Waals surface area contributed by atoms with Crippen LogP contribution in [0.25, 0.3) is 0 Å². The quantitative estimate of drug-likeness (QED) is 0.832. The summed E-state index contributed by atoms with van der Waals surface area (Å²) in [5.74, 6) is 0.525. The van der Waals surface area contributed by atoms with Crippen LogP contribution in [0.3, 0.4) is 0 Å². The molecule has 0 spiro atoms. The van der Waals surface area contributed by atoms with Gasteiger partial charge in [-0.1, -0.05) is 20.8 Å². The molecule has 5 nitrogen and oxygen atoms in total. The lowest BCUT2D eigenvalue weighted by molar-refractivity contribution is 0.214. The smallest absolute Gasteiger partial charge is 0.313 e. The van der Waals surface area contributed by atoms with E-state index in [1.54, 1.807) is 17.0 Å². The predicted molar refractivity (Wildman–Crippen MR) is 71.7 cm³/mol. The Balaban J connectivity index is 2.81. The van der Waals surface area contributed by atoms with Gasteiger partial charge in [0.2, 0.25) is 0 Å². The highest BCUT2D eigenvalue weighted by molar-refractivity contribution is 5.05. The zero-order valence-corrected chi connectivity index (χ0v) is 11.6. The number of aromatic nitrogens is 2. The van der Waals surface area contributed by atoms with E-state index >= 15 is 0 Å². The summed E-state index contributed by atoms with van der Waals surface area (Å²) in [6.45, 7) is 8.94. The number of nitrogens with zero attached hydrogens (tertiary/aromatic N) is 2. The molecule has 1 rings (SSSR count). The van der Waals surface area contributed by atoms with Gasteiger partial charge in [0.15, 0.2) is 0 Å². The lowest BCUT2D eigenvalue weighted by atomic mass is 10.0. The van der Waals surface area contributed by atoms with Gasteiger partial charge < -0.3 is 15.0 Å². The molecule has 5 heteroatoms. The van der Waals surface area contributed by atoms with Crippen molar-refractivity contribution in [1.29, 1.82) is 0 Å². The Morgan fingerprint density at radius 3 is 2.78 bits per heavy atom. The highest BCUT2D eigenvalue weighted by Crippen LogP contribution is 2.07. The number of ether oxygens (including phenoxy) is 1. The average molecular weight is 253 g/mol. The summed E-state index contributed by atoms with van der Waals surface area (Å²) in [4.78, 5) is 16.0. The molecule has 0 bridgehead atoms. The normalized spacial score (nSPS) is 14.6. The Labute approximate surface area is 108 Å². The van der Waals surface area contributed by atoms with Crippen LogP contribution >= 0.6 is 0 Å². The summed E-state index contributed by atoms with van der Waals surface area (Å²) in [7, 11) is 0. The Bertz CT molecular complexity index is 438. The van der Waals surface area contributed by atoms with Crippen LogP contribution in [-0.4, -0.2) is 21.7 Å². The van der Waals surface area contributed by atoms with Crippen LogP contribution in [0.4, 0.5) is 0 Å². The minimum Gasteiger partial charge on any atom is -0.472 e. The third-order valence-electron chi connectivity index (χ3n) is 2.79. The zero-order chi connectivity index (χ0) is 13.8. The molecule has 18 heavy (non-hydrogen) atoms. The van der Waals surface area contributed by atoms with Crippen molar-refractivity contribution >= 4 is 0 Å². The van der Waals surface area contributed by atoms with E-state index < -0.39 is 5.54 Å². The first-order valence-corrected chi connectivity index (χ1v) is 6.33. The maximum atomic E-state index is 12.0. The van der Waals surface area contributed by atoms with Crippen LogP contribution in [0.5, 0.6) is 5.88 Å². The first kappa shape index (κ1) is 14.7. The van der Waals surface area contributed by atoms with E-state index in [1.807, 2.05) is 13.8 Å². The molecule has 0 aliphatic heterocycles. The van der Waals surface area contributed by atoms with E-state index in [4.69, 9.17) is 10.5 Å². The van der Waals surface area contributed by atoms with Crippen LogP contribution in [-0.2, 0) is 6.54 Å². The van der Waals surface area contributed by atoms with E-state index in [-0.39, 0.29) is 18.0 Å². The van der Waals surface area contributed by atoms with Gasteiger partial charge in [-0.15, -0.1) is 0 Å². The molecule has 0 saturated heterocycles. The fourth-order valence-electron chi connectivity index (χ4n) is 1.40. The Hall–Kier alpha value is -1.36. The van der Waals surface area contributed by atoms with E-state index in [9.17, 15) is 4.79 Å². The predicted octanol–water partition coefficient (Wildman–Crippen LogP) is 1.41. The molecular formula is C13H23N3O2. The largest absolute Gasteiger partial charge is 0.472 e. The van der Waals surface area contributed by atoms with E-state index in [0.29, 0.717) is 12.5 Å². The van der Waals surface area contributed by atoms with Crippen LogP contribution < -0.4 is 16.0 Å². The van der Waals surface area contributed by atoms with E-state index in [1.165, 1.54) is 0 Å². The van der Waals surface area contributed by atoms with Gasteiger partial charge in [0.1, 0.15) is 6.61 Å². The molecule has 0 saturated carbocycles. The molecule has 1 atom stereocenters. The second-order valence-corrected chi connectivity index (χ2v) is 5.38. The van der Waals surface area contributed by atoms with Crippen molar-refractivity contribution in [2.75, 3.05) is 6.61 Å². The molecule has 102 valence electrons. The monoisotopic (exact) mass is 253 g/mol. The van der Waals surface area contributed by atoms with Gasteiger partial charge >= 0.3 is 5.56 Å². The minimum atomic E-state index is -0.438. The molecule has 0 amide bonds. The van der Waals surface area contributed by atoms with E-state index in [2.05, 4.69) is 18.8 Å². The number of nitrogens with two attached hydrogens (primary N) is 1. The maximum absolute atomic E-state index is 12.0. The van der Waals surface area contributed by atoms with Gasteiger partial charge in [0.25, 0.3) is 5.88 Å². The number of hydrogen-bond acceptors (Lipinski definition) is 4. The molecule has 0 radical (unpaired) electrons. The van der Waals surface area contributed by atoms with Gasteiger partial charge in [-0.05, 0) is 19.3 Å². The van der Waals surface area contributed by atoms with Crippen LogP contribution in [0.15, 0.2) is 17.2 Å². The maximum Gasteiger partial charge on any atom is 0.313 e. The van der Waals surface area contributed by atoms with E-state index in [0.717, 1.165) is 6.42 Å². The highest BCUT2D eigenvalue weighted by atomic mass is 16.5.